The first-order chi connectivity index (χ1) is 6.53. The van der Waals surface area contributed by atoms with Crippen molar-refractivity contribution >= 4 is 0 Å². The van der Waals surface area contributed by atoms with Gasteiger partial charge in [0.25, 0.3) is 0 Å². The molecule has 0 saturated heterocycles. The van der Waals surface area contributed by atoms with E-state index in [1.807, 2.05) is 19.9 Å². The number of hydrogen-bond donors (Lipinski definition) is 1. The summed E-state index contributed by atoms with van der Waals surface area (Å²) in [6, 6.07) is 1.86. The quantitative estimate of drug-likeness (QED) is 0.786. The van der Waals surface area contributed by atoms with Crippen molar-refractivity contribution < 1.29 is 14.3 Å². The fourth-order valence-corrected chi connectivity index (χ4v) is 1.40. The minimum Gasteiger partial charge on any atom is -0.472 e. The summed E-state index contributed by atoms with van der Waals surface area (Å²) in [5.74, 6) is 0. The van der Waals surface area contributed by atoms with Gasteiger partial charge < -0.3 is 14.3 Å². The molecule has 0 fully saturated rings. The molecule has 14 heavy (non-hydrogen) atoms. The Hall–Kier alpha value is -0.800. The van der Waals surface area contributed by atoms with Crippen LogP contribution in [0.25, 0.3) is 0 Å². The molecule has 0 radical (unpaired) electrons. The van der Waals surface area contributed by atoms with E-state index in [4.69, 9.17) is 9.15 Å². The first-order valence-corrected chi connectivity index (χ1v) is 4.78. The van der Waals surface area contributed by atoms with Gasteiger partial charge in [0, 0.05) is 20.0 Å². The number of methoxy groups -OCH3 is 1. The summed E-state index contributed by atoms with van der Waals surface area (Å²) < 4.78 is 10.2. The van der Waals surface area contributed by atoms with Crippen LogP contribution in [0.15, 0.2) is 23.0 Å². The van der Waals surface area contributed by atoms with Gasteiger partial charge in [-0.2, -0.15) is 0 Å². The fourth-order valence-electron chi connectivity index (χ4n) is 1.40. The van der Waals surface area contributed by atoms with Crippen LogP contribution >= 0.6 is 0 Å². The Balaban J connectivity index is 2.40. The van der Waals surface area contributed by atoms with Gasteiger partial charge in [0.2, 0.25) is 0 Å². The fraction of sp³-hybridized carbons (Fsp3) is 0.636. The number of furan rings is 1. The summed E-state index contributed by atoms with van der Waals surface area (Å²) >= 11 is 0. The molecule has 0 aliphatic heterocycles. The Kier molecular flexibility index (Phi) is 3.72. The summed E-state index contributed by atoms with van der Waals surface area (Å²) in [6.07, 6.45) is 4.12. The Morgan fingerprint density at radius 2 is 2.29 bits per heavy atom. The second kappa shape index (κ2) is 4.62. The molecule has 1 N–H and O–H groups in total. The topological polar surface area (TPSA) is 42.6 Å². The van der Waals surface area contributed by atoms with Crippen LogP contribution in [0.2, 0.25) is 0 Å². The highest BCUT2D eigenvalue weighted by Gasteiger charge is 2.21. The largest absolute Gasteiger partial charge is 0.472 e. The standard InChI is InChI=1S/C11H18O3/c1-11(2,13-3)7-10(12)6-9-4-5-14-8-9/h4-5,8,10,12H,6-7H2,1-3H3. The van der Waals surface area contributed by atoms with Gasteiger partial charge in [-0.25, -0.2) is 0 Å². The van der Waals surface area contributed by atoms with Crippen molar-refractivity contribution in [1.82, 2.24) is 0 Å². The van der Waals surface area contributed by atoms with Gasteiger partial charge in [-0.3, -0.25) is 0 Å². The summed E-state index contributed by atoms with van der Waals surface area (Å²) in [5, 5.41) is 9.77. The van der Waals surface area contributed by atoms with Crippen molar-refractivity contribution in [3.05, 3.63) is 24.2 Å². The third-order valence-electron chi connectivity index (χ3n) is 2.33. The van der Waals surface area contributed by atoms with Crippen molar-refractivity contribution in [2.75, 3.05) is 7.11 Å². The van der Waals surface area contributed by atoms with Crippen LogP contribution in [0.5, 0.6) is 0 Å². The predicted molar refractivity (Wildman–Crippen MR) is 54.1 cm³/mol. The second-order valence-electron chi connectivity index (χ2n) is 4.16. The number of aliphatic hydroxyl groups excluding tert-OH is 1. The zero-order valence-electron chi connectivity index (χ0n) is 8.99. The maximum Gasteiger partial charge on any atom is 0.0935 e. The van der Waals surface area contributed by atoms with E-state index in [2.05, 4.69) is 0 Å². The lowest BCUT2D eigenvalue weighted by Crippen LogP contribution is -2.29. The Morgan fingerprint density at radius 1 is 1.57 bits per heavy atom. The van der Waals surface area contributed by atoms with Gasteiger partial charge in [0.1, 0.15) is 0 Å². The summed E-state index contributed by atoms with van der Waals surface area (Å²) in [6.45, 7) is 3.93. The molecule has 0 saturated carbocycles. The van der Waals surface area contributed by atoms with Crippen molar-refractivity contribution in [2.45, 2.75) is 38.4 Å². The van der Waals surface area contributed by atoms with Crippen LogP contribution in [0.4, 0.5) is 0 Å². The number of aliphatic hydroxyl groups is 1. The van der Waals surface area contributed by atoms with Gasteiger partial charge >= 0.3 is 0 Å². The van der Waals surface area contributed by atoms with Gasteiger partial charge in [0.05, 0.1) is 24.2 Å². The predicted octanol–water partition coefficient (Wildman–Crippen LogP) is 2.00. The first kappa shape index (κ1) is 11.3. The van der Waals surface area contributed by atoms with E-state index in [0.717, 1.165) is 5.56 Å². The van der Waals surface area contributed by atoms with Crippen LogP contribution in [0.3, 0.4) is 0 Å². The van der Waals surface area contributed by atoms with Crippen LogP contribution in [0.1, 0.15) is 25.8 Å². The summed E-state index contributed by atoms with van der Waals surface area (Å²) in [4.78, 5) is 0. The Bertz CT molecular complexity index is 252. The van der Waals surface area contributed by atoms with Crippen LogP contribution < -0.4 is 0 Å². The van der Waals surface area contributed by atoms with Crippen molar-refractivity contribution in [2.24, 2.45) is 0 Å². The first-order valence-electron chi connectivity index (χ1n) is 4.78. The van der Waals surface area contributed by atoms with Gasteiger partial charge in [-0.15, -0.1) is 0 Å². The maximum absolute atomic E-state index is 9.77. The van der Waals surface area contributed by atoms with Crippen molar-refractivity contribution in [3.8, 4) is 0 Å². The molecule has 0 amide bonds. The number of rotatable bonds is 5. The Morgan fingerprint density at radius 3 is 2.79 bits per heavy atom. The van der Waals surface area contributed by atoms with Gasteiger partial charge in [0.15, 0.2) is 0 Å². The van der Waals surface area contributed by atoms with E-state index in [0.29, 0.717) is 12.8 Å². The molecule has 0 aliphatic rings. The van der Waals surface area contributed by atoms with Crippen molar-refractivity contribution in [3.63, 3.8) is 0 Å². The maximum atomic E-state index is 9.77. The lowest BCUT2D eigenvalue weighted by molar-refractivity contribution is -0.0191. The number of hydrogen-bond acceptors (Lipinski definition) is 3. The van der Waals surface area contributed by atoms with E-state index < -0.39 is 0 Å². The molecule has 3 nitrogen and oxygen atoms in total. The van der Waals surface area contributed by atoms with Crippen LogP contribution in [-0.2, 0) is 11.2 Å². The SMILES string of the molecule is COC(C)(C)CC(O)Cc1ccoc1. The van der Waals surface area contributed by atoms with Crippen LogP contribution in [-0.4, -0.2) is 23.9 Å². The van der Waals surface area contributed by atoms with E-state index >= 15 is 0 Å². The highest BCUT2D eigenvalue weighted by Crippen LogP contribution is 2.18. The average Bonchev–Trinajstić information content (AvgIpc) is 2.55. The third-order valence-corrected chi connectivity index (χ3v) is 2.33. The van der Waals surface area contributed by atoms with E-state index in [-0.39, 0.29) is 11.7 Å². The molecule has 1 heterocycles. The third kappa shape index (κ3) is 3.52. The molecule has 0 aromatic carbocycles. The zero-order chi connectivity index (χ0) is 10.6. The average molecular weight is 198 g/mol. The summed E-state index contributed by atoms with van der Waals surface area (Å²) in [7, 11) is 1.66. The van der Waals surface area contributed by atoms with E-state index in [1.165, 1.54) is 0 Å². The minimum absolute atomic E-state index is 0.275. The number of ether oxygens (including phenoxy) is 1. The Labute approximate surface area is 84.7 Å². The molecule has 1 unspecified atom stereocenters. The molecule has 1 aromatic heterocycles. The van der Waals surface area contributed by atoms with E-state index in [1.54, 1.807) is 19.6 Å². The monoisotopic (exact) mass is 198 g/mol. The summed E-state index contributed by atoms with van der Waals surface area (Å²) in [5.41, 5.74) is 0.743. The van der Waals surface area contributed by atoms with Gasteiger partial charge in [-0.1, -0.05) is 0 Å². The van der Waals surface area contributed by atoms with Gasteiger partial charge in [-0.05, 0) is 25.5 Å². The normalized spacial score (nSPS) is 14.3. The molecule has 1 rings (SSSR count). The molecule has 0 bridgehead atoms. The van der Waals surface area contributed by atoms with Crippen LogP contribution in [0, 0.1) is 0 Å². The smallest absolute Gasteiger partial charge is 0.0935 e. The minimum atomic E-state index is -0.387. The molecular weight excluding hydrogens is 180 g/mol. The molecule has 1 aromatic rings. The molecule has 80 valence electrons. The highest BCUT2D eigenvalue weighted by atomic mass is 16.5. The molecular formula is C11H18O3. The lowest BCUT2D eigenvalue weighted by atomic mass is 9.97. The lowest BCUT2D eigenvalue weighted by Gasteiger charge is -2.25. The molecule has 3 heteroatoms. The second-order valence-corrected chi connectivity index (χ2v) is 4.16. The molecule has 0 aliphatic carbocycles. The molecule has 0 spiro atoms. The van der Waals surface area contributed by atoms with Crippen molar-refractivity contribution in [1.29, 1.82) is 0 Å². The zero-order valence-corrected chi connectivity index (χ0v) is 8.99. The molecule has 1 atom stereocenters. The highest BCUT2D eigenvalue weighted by molar-refractivity contribution is 5.06. The van der Waals surface area contributed by atoms with E-state index in [9.17, 15) is 5.11 Å².